The van der Waals surface area contributed by atoms with Crippen molar-refractivity contribution >= 4 is 20.5 Å². The maximum Gasteiger partial charge on any atom is 0.458 e. The average molecular weight is 280 g/mol. The fourth-order valence-electron chi connectivity index (χ4n) is 1.15. The average Bonchev–Trinajstić information content (AvgIpc) is 2.27. The van der Waals surface area contributed by atoms with Gasteiger partial charge in [-0.15, -0.1) is 0 Å². The van der Waals surface area contributed by atoms with Crippen LogP contribution in [0.5, 0.6) is 5.75 Å². The molecular weight excluding hydrogens is 264 g/mol. The van der Waals surface area contributed by atoms with Crippen LogP contribution in [-0.2, 0) is 4.43 Å². The van der Waals surface area contributed by atoms with Crippen molar-refractivity contribution in [1.82, 2.24) is 0 Å². The van der Waals surface area contributed by atoms with Gasteiger partial charge in [-0.05, 0) is 38.2 Å². The van der Waals surface area contributed by atoms with E-state index in [1.54, 1.807) is 25.1 Å². The van der Waals surface area contributed by atoms with Gasteiger partial charge < -0.3 is 9.16 Å². The van der Waals surface area contributed by atoms with E-state index in [9.17, 15) is 9.59 Å². The van der Waals surface area contributed by atoms with Crippen molar-refractivity contribution in [3.8, 4) is 5.75 Å². The predicted octanol–water partition coefficient (Wildman–Crippen LogP) is 3.92. The summed E-state index contributed by atoms with van der Waals surface area (Å²) in [6.45, 7) is 7.27. The number of carbonyl (C=O) groups excluding carboxylic acids is 2. The molecule has 0 heterocycles. The molecule has 0 bridgehead atoms. The van der Waals surface area contributed by atoms with E-state index in [1.165, 1.54) is 0 Å². The van der Waals surface area contributed by atoms with Crippen LogP contribution in [0, 0.1) is 6.92 Å². The second-order valence-electron chi connectivity index (χ2n) is 4.81. The lowest BCUT2D eigenvalue weighted by Gasteiger charge is -2.13. The zero-order valence-electron chi connectivity index (χ0n) is 11.3. The van der Waals surface area contributed by atoms with Crippen molar-refractivity contribution < 1.29 is 18.8 Å². The van der Waals surface area contributed by atoms with Crippen LogP contribution in [-0.4, -0.2) is 20.5 Å². The maximum absolute atomic E-state index is 11.4. The van der Waals surface area contributed by atoms with Gasteiger partial charge in [0.15, 0.2) is 0 Å². The summed E-state index contributed by atoms with van der Waals surface area (Å²) in [4.78, 5) is 22.6. The standard InChI is InChI=1S/C12H16N2O4Si/c1-9-7-5-6-8-10(9)17-11(15)13-14-12(16)18-19(2,3)4/h5-8H,1-4H3/b14-13+. The number of aryl methyl sites for hydroxylation is 1. The topological polar surface area (TPSA) is 77.3 Å². The molecular formula is C12H16N2O4Si. The monoisotopic (exact) mass is 280 g/mol. The molecule has 0 atom stereocenters. The highest BCUT2D eigenvalue weighted by atomic mass is 28.4. The number of ether oxygens (including phenoxy) is 1. The first-order valence-corrected chi connectivity index (χ1v) is 9.11. The molecule has 0 aliphatic heterocycles. The number of rotatable bonds is 2. The van der Waals surface area contributed by atoms with Gasteiger partial charge in [0, 0.05) is 0 Å². The number of amides is 2. The minimum Gasteiger partial charge on any atom is -0.502 e. The summed E-state index contributed by atoms with van der Waals surface area (Å²) in [5.41, 5.74) is 0.788. The van der Waals surface area contributed by atoms with Crippen molar-refractivity contribution in [2.75, 3.05) is 0 Å². The Labute approximate surface area is 112 Å². The summed E-state index contributed by atoms with van der Waals surface area (Å²) in [7, 11) is -2.03. The molecule has 7 heteroatoms. The maximum atomic E-state index is 11.4. The van der Waals surface area contributed by atoms with Gasteiger partial charge in [-0.3, -0.25) is 0 Å². The molecule has 0 aliphatic carbocycles. The Kier molecular flexibility index (Phi) is 4.93. The van der Waals surface area contributed by atoms with Gasteiger partial charge in [0.25, 0.3) is 0 Å². The van der Waals surface area contributed by atoms with Gasteiger partial charge in [0.05, 0.1) is 0 Å². The Hall–Kier alpha value is -2.02. The second kappa shape index (κ2) is 6.23. The Balaban J connectivity index is 2.57. The SMILES string of the molecule is Cc1ccccc1OC(=O)/N=N/C(=O)O[Si](C)(C)C. The minimum atomic E-state index is -2.03. The molecule has 0 fully saturated rings. The number of azo groups is 1. The number of hydrogen-bond donors (Lipinski definition) is 0. The number of para-hydroxylation sites is 1. The van der Waals surface area contributed by atoms with Crippen LogP contribution in [0.15, 0.2) is 34.5 Å². The lowest BCUT2D eigenvalue weighted by molar-refractivity contribution is 0.199. The third-order valence-electron chi connectivity index (χ3n) is 1.90. The van der Waals surface area contributed by atoms with Crippen LogP contribution in [0.4, 0.5) is 9.59 Å². The normalized spacial score (nSPS) is 11.4. The lowest BCUT2D eigenvalue weighted by Crippen LogP contribution is -2.27. The molecule has 0 N–H and O–H groups in total. The summed E-state index contributed by atoms with van der Waals surface area (Å²) in [5.74, 6) is 0.380. The molecule has 1 aromatic rings. The number of hydrogen-bond acceptors (Lipinski definition) is 4. The van der Waals surface area contributed by atoms with E-state index >= 15 is 0 Å². The molecule has 0 unspecified atom stereocenters. The molecule has 102 valence electrons. The summed E-state index contributed by atoms with van der Waals surface area (Å²) in [6.07, 6.45) is -1.83. The van der Waals surface area contributed by atoms with Crippen molar-refractivity contribution in [1.29, 1.82) is 0 Å². The van der Waals surface area contributed by atoms with Crippen LogP contribution in [0.1, 0.15) is 5.56 Å². The van der Waals surface area contributed by atoms with Gasteiger partial charge in [0.1, 0.15) is 5.75 Å². The molecule has 1 aromatic carbocycles. The highest BCUT2D eigenvalue weighted by Gasteiger charge is 2.20. The van der Waals surface area contributed by atoms with E-state index in [0.717, 1.165) is 5.56 Å². The summed E-state index contributed by atoms with van der Waals surface area (Å²) in [5, 5.41) is 6.32. The van der Waals surface area contributed by atoms with Crippen LogP contribution in [0.2, 0.25) is 19.6 Å². The van der Waals surface area contributed by atoms with Crippen LogP contribution < -0.4 is 4.74 Å². The minimum absolute atomic E-state index is 0.380. The van der Waals surface area contributed by atoms with Crippen molar-refractivity contribution in [3.05, 3.63) is 29.8 Å². The quantitative estimate of drug-likeness (QED) is 0.607. The largest absolute Gasteiger partial charge is 0.502 e. The summed E-state index contributed by atoms with van der Waals surface area (Å²) < 4.78 is 9.92. The first-order valence-electron chi connectivity index (χ1n) is 5.70. The predicted molar refractivity (Wildman–Crippen MR) is 71.9 cm³/mol. The van der Waals surface area contributed by atoms with Gasteiger partial charge in [-0.1, -0.05) is 28.4 Å². The van der Waals surface area contributed by atoms with E-state index in [-0.39, 0.29) is 0 Å². The number of carbonyl (C=O) groups is 2. The first kappa shape index (κ1) is 15.0. The van der Waals surface area contributed by atoms with E-state index < -0.39 is 20.5 Å². The molecule has 0 saturated heterocycles. The second-order valence-corrected chi connectivity index (χ2v) is 9.24. The third kappa shape index (κ3) is 5.91. The van der Waals surface area contributed by atoms with Gasteiger partial charge in [-0.25, -0.2) is 9.59 Å². The Morgan fingerprint density at radius 2 is 1.63 bits per heavy atom. The Morgan fingerprint density at radius 3 is 2.21 bits per heavy atom. The first-order chi connectivity index (χ1) is 8.78. The van der Waals surface area contributed by atoms with E-state index in [1.807, 2.05) is 25.7 Å². The lowest BCUT2D eigenvalue weighted by atomic mass is 10.2. The molecule has 0 aliphatic rings. The molecule has 6 nitrogen and oxygen atoms in total. The van der Waals surface area contributed by atoms with Crippen molar-refractivity contribution in [2.24, 2.45) is 10.2 Å². The van der Waals surface area contributed by atoms with Gasteiger partial charge >= 0.3 is 12.2 Å². The van der Waals surface area contributed by atoms with E-state index in [2.05, 4.69) is 10.2 Å². The van der Waals surface area contributed by atoms with Crippen LogP contribution in [0.25, 0.3) is 0 Å². The zero-order chi connectivity index (χ0) is 14.5. The van der Waals surface area contributed by atoms with Gasteiger partial charge in [0.2, 0.25) is 8.32 Å². The highest BCUT2D eigenvalue weighted by molar-refractivity contribution is 6.71. The van der Waals surface area contributed by atoms with E-state index in [4.69, 9.17) is 9.16 Å². The summed E-state index contributed by atoms with van der Waals surface area (Å²) >= 11 is 0. The van der Waals surface area contributed by atoms with Gasteiger partial charge in [-0.2, -0.15) is 0 Å². The Morgan fingerprint density at radius 1 is 1.05 bits per heavy atom. The summed E-state index contributed by atoms with van der Waals surface area (Å²) in [6, 6.07) is 6.97. The fourth-order valence-corrected chi connectivity index (χ4v) is 1.71. The third-order valence-corrected chi connectivity index (χ3v) is 2.68. The number of nitrogens with zero attached hydrogens (tertiary/aromatic N) is 2. The fraction of sp³-hybridized carbons (Fsp3) is 0.333. The van der Waals surface area contributed by atoms with Crippen molar-refractivity contribution in [3.63, 3.8) is 0 Å². The molecule has 0 spiro atoms. The molecule has 1 rings (SSSR count). The molecule has 2 amide bonds. The Bertz CT molecular complexity index is 509. The zero-order valence-corrected chi connectivity index (χ0v) is 12.3. The number of benzene rings is 1. The van der Waals surface area contributed by atoms with Crippen LogP contribution >= 0.6 is 0 Å². The molecule has 0 aromatic heterocycles. The highest BCUT2D eigenvalue weighted by Crippen LogP contribution is 2.16. The van der Waals surface area contributed by atoms with Crippen molar-refractivity contribution in [2.45, 2.75) is 26.6 Å². The molecule has 0 saturated carbocycles. The van der Waals surface area contributed by atoms with E-state index in [0.29, 0.717) is 5.75 Å². The molecule has 19 heavy (non-hydrogen) atoms. The smallest absolute Gasteiger partial charge is 0.458 e. The molecule has 0 radical (unpaired) electrons. The van der Waals surface area contributed by atoms with Crippen LogP contribution in [0.3, 0.4) is 0 Å².